The Morgan fingerprint density at radius 3 is 2.65 bits per heavy atom. The molecule has 2 rings (SSSR count). The number of benzene rings is 1. The van der Waals surface area contributed by atoms with Gasteiger partial charge in [0.2, 0.25) is 0 Å². The second-order valence-corrected chi connectivity index (χ2v) is 5.23. The highest BCUT2D eigenvalue weighted by Crippen LogP contribution is 2.15. The van der Waals surface area contributed by atoms with Crippen molar-refractivity contribution in [3.63, 3.8) is 0 Å². The van der Waals surface area contributed by atoms with Crippen LogP contribution in [0.3, 0.4) is 0 Å². The molecule has 0 spiro atoms. The van der Waals surface area contributed by atoms with Crippen LogP contribution in [0.25, 0.3) is 0 Å². The van der Waals surface area contributed by atoms with Crippen LogP contribution < -0.4 is 5.32 Å². The third-order valence-electron chi connectivity index (χ3n) is 3.75. The fourth-order valence-electron chi connectivity index (χ4n) is 2.48. The van der Waals surface area contributed by atoms with Crippen molar-refractivity contribution in [1.82, 2.24) is 5.32 Å². The minimum Gasteiger partial charge on any atom is -0.469 e. The number of ether oxygens (including phenoxy) is 2. The van der Waals surface area contributed by atoms with Crippen molar-refractivity contribution in [2.24, 2.45) is 5.92 Å². The average molecular weight is 277 g/mol. The van der Waals surface area contributed by atoms with E-state index >= 15 is 0 Å². The Kier molecular flexibility index (Phi) is 6.02. The molecule has 0 bridgehead atoms. The molecule has 1 aromatic carbocycles. The lowest BCUT2D eigenvalue weighted by Crippen LogP contribution is -2.29. The van der Waals surface area contributed by atoms with Crippen molar-refractivity contribution >= 4 is 5.97 Å². The van der Waals surface area contributed by atoms with E-state index in [-0.39, 0.29) is 5.97 Å². The molecule has 1 aliphatic heterocycles. The van der Waals surface area contributed by atoms with Crippen LogP contribution in [0.5, 0.6) is 0 Å². The Labute approximate surface area is 120 Å². The van der Waals surface area contributed by atoms with E-state index in [0.29, 0.717) is 18.9 Å². The molecule has 1 aromatic rings. The van der Waals surface area contributed by atoms with Gasteiger partial charge in [-0.15, -0.1) is 0 Å². The molecule has 0 aromatic heterocycles. The summed E-state index contributed by atoms with van der Waals surface area (Å²) >= 11 is 0. The smallest absolute Gasteiger partial charge is 0.309 e. The number of carbonyl (C=O) groups is 1. The lowest BCUT2D eigenvalue weighted by Gasteiger charge is -2.22. The number of rotatable bonds is 6. The predicted molar refractivity (Wildman–Crippen MR) is 77.4 cm³/mol. The summed E-state index contributed by atoms with van der Waals surface area (Å²) in [5.41, 5.74) is 2.07. The van der Waals surface area contributed by atoms with Crippen molar-refractivity contribution in [3.05, 3.63) is 35.4 Å². The van der Waals surface area contributed by atoms with Gasteiger partial charge in [0.25, 0.3) is 0 Å². The van der Waals surface area contributed by atoms with Crippen LogP contribution in [0.2, 0.25) is 0 Å². The molecule has 0 amide bonds. The van der Waals surface area contributed by atoms with Crippen molar-refractivity contribution in [2.45, 2.75) is 25.9 Å². The monoisotopic (exact) mass is 277 g/mol. The number of hydrogen-bond acceptors (Lipinski definition) is 4. The van der Waals surface area contributed by atoms with Gasteiger partial charge in [-0.1, -0.05) is 24.3 Å². The van der Waals surface area contributed by atoms with Crippen LogP contribution in [0.15, 0.2) is 24.3 Å². The van der Waals surface area contributed by atoms with Gasteiger partial charge in [-0.2, -0.15) is 0 Å². The van der Waals surface area contributed by atoms with E-state index in [1.807, 2.05) is 24.3 Å². The van der Waals surface area contributed by atoms with Crippen molar-refractivity contribution in [2.75, 3.05) is 26.8 Å². The van der Waals surface area contributed by atoms with Crippen LogP contribution >= 0.6 is 0 Å². The number of carbonyl (C=O) groups excluding carboxylic acids is 1. The maximum Gasteiger partial charge on any atom is 0.309 e. The molecular weight excluding hydrogens is 254 g/mol. The predicted octanol–water partition coefficient (Wildman–Crippen LogP) is 1.92. The van der Waals surface area contributed by atoms with Crippen LogP contribution in [-0.4, -0.2) is 32.8 Å². The second-order valence-electron chi connectivity index (χ2n) is 5.23. The molecule has 0 aliphatic carbocycles. The molecule has 0 atom stereocenters. The Hall–Kier alpha value is -1.39. The first-order chi connectivity index (χ1) is 9.79. The Morgan fingerprint density at radius 2 is 1.95 bits per heavy atom. The first kappa shape index (κ1) is 15.0. The molecule has 4 nitrogen and oxygen atoms in total. The molecule has 1 heterocycles. The number of methoxy groups -OCH3 is 1. The van der Waals surface area contributed by atoms with E-state index in [9.17, 15) is 4.79 Å². The average Bonchev–Trinajstić information content (AvgIpc) is 2.50. The fraction of sp³-hybridized carbons (Fsp3) is 0.562. The minimum atomic E-state index is -0.212. The third kappa shape index (κ3) is 4.62. The standard InChI is InChI=1S/C16H23NO3/c1-19-16(18)10-14-4-2-3-5-15(14)12-20-11-13-6-8-17-9-7-13/h2-5,13,17H,6-12H2,1H3. The first-order valence-corrected chi connectivity index (χ1v) is 7.21. The molecule has 1 fully saturated rings. The Balaban J connectivity index is 1.83. The highest BCUT2D eigenvalue weighted by atomic mass is 16.5. The van der Waals surface area contributed by atoms with Crippen molar-refractivity contribution < 1.29 is 14.3 Å². The summed E-state index contributed by atoms with van der Waals surface area (Å²) in [6, 6.07) is 7.89. The van der Waals surface area contributed by atoms with Gasteiger partial charge in [-0.3, -0.25) is 4.79 Å². The summed E-state index contributed by atoms with van der Waals surface area (Å²) < 4.78 is 10.6. The van der Waals surface area contributed by atoms with Gasteiger partial charge in [0.05, 0.1) is 20.1 Å². The van der Waals surface area contributed by atoms with Gasteiger partial charge in [-0.25, -0.2) is 0 Å². The topological polar surface area (TPSA) is 47.6 Å². The van der Waals surface area contributed by atoms with Gasteiger partial charge < -0.3 is 14.8 Å². The summed E-state index contributed by atoms with van der Waals surface area (Å²) in [5.74, 6) is 0.444. The summed E-state index contributed by atoms with van der Waals surface area (Å²) in [7, 11) is 1.42. The molecule has 0 unspecified atom stereocenters. The largest absolute Gasteiger partial charge is 0.469 e. The molecule has 0 radical (unpaired) electrons. The SMILES string of the molecule is COC(=O)Cc1ccccc1COCC1CCNCC1. The third-order valence-corrected chi connectivity index (χ3v) is 3.75. The van der Waals surface area contributed by atoms with E-state index in [1.54, 1.807) is 0 Å². The van der Waals surface area contributed by atoms with Gasteiger partial charge >= 0.3 is 5.97 Å². The Bertz CT molecular complexity index is 427. The van der Waals surface area contributed by atoms with E-state index < -0.39 is 0 Å². The van der Waals surface area contributed by atoms with Gasteiger partial charge in [0, 0.05) is 6.61 Å². The van der Waals surface area contributed by atoms with Crippen LogP contribution in [0, 0.1) is 5.92 Å². The van der Waals surface area contributed by atoms with E-state index in [1.165, 1.54) is 20.0 Å². The molecule has 1 N–H and O–H groups in total. The summed E-state index contributed by atoms with van der Waals surface area (Å²) in [5, 5.41) is 3.35. The van der Waals surface area contributed by atoms with E-state index in [4.69, 9.17) is 9.47 Å². The van der Waals surface area contributed by atoms with E-state index in [2.05, 4.69) is 5.32 Å². The highest BCUT2D eigenvalue weighted by Gasteiger charge is 2.13. The number of piperidine rings is 1. The molecular formula is C16H23NO3. The number of nitrogens with one attached hydrogen (secondary N) is 1. The minimum absolute atomic E-state index is 0.212. The van der Waals surface area contributed by atoms with Crippen LogP contribution in [-0.2, 0) is 27.3 Å². The fourth-order valence-corrected chi connectivity index (χ4v) is 2.48. The van der Waals surface area contributed by atoms with Gasteiger partial charge in [0.15, 0.2) is 0 Å². The lowest BCUT2D eigenvalue weighted by atomic mass is 9.99. The lowest BCUT2D eigenvalue weighted by molar-refractivity contribution is -0.139. The van der Waals surface area contributed by atoms with Crippen molar-refractivity contribution in [1.29, 1.82) is 0 Å². The van der Waals surface area contributed by atoms with Crippen LogP contribution in [0.1, 0.15) is 24.0 Å². The first-order valence-electron chi connectivity index (χ1n) is 7.21. The van der Waals surface area contributed by atoms with Crippen LogP contribution in [0.4, 0.5) is 0 Å². The molecule has 0 saturated carbocycles. The normalized spacial score (nSPS) is 16.1. The summed E-state index contributed by atoms with van der Waals surface area (Å²) in [6.45, 7) is 3.55. The summed E-state index contributed by atoms with van der Waals surface area (Å²) in [6.07, 6.45) is 2.68. The van der Waals surface area contributed by atoms with Crippen molar-refractivity contribution in [3.8, 4) is 0 Å². The molecule has 20 heavy (non-hydrogen) atoms. The maximum atomic E-state index is 11.4. The van der Waals surface area contributed by atoms with Gasteiger partial charge in [-0.05, 0) is 43.0 Å². The zero-order valence-corrected chi connectivity index (χ0v) is 12.1. The molecule has 1 aliphatic rings. The van der Waals surface area contributed by atoms with Gasteiger partial charge in [0.1, 0.15) is 0 Å². The number of esters is 1. The van der Waals surface area contributed by atoms with E-state index in [0.717, 1.165) is 30.8 Å². The Morgan fingerprint density at radius 1 is 1.25 bits per heavy atom. The summed E-state index contributed by atoms with van der Waals surface area (Å²) in [4.78, 5) is 11.4. The zero-order valence-electron chi connectivity index (χ0n) is 12.1. The molecule has 1 saturated heterocycles. The molecule has 110 valence electrons. The zero-order chi connectivity index (χ0) is 14.2. The highest BCUT2D eigenvalue weighted by molar-refractivity contribution is 5.72. The maximum absolute atomic E-state index is 11.4. The quantitative estimate of drug-likeness (QED) is 0.807. The number of hydrogen-bond donors (Lipinski definition) is 1. The molecule has 4 heteroatoms. The second kappa shape index (κ2) is 8.02.